The number of nitrogens with one attached hydrogen (secondary N) is 2. The highest BCUT2D eigenvalue weighted by molar-refractivity contribution is 5.82. The highest BCUT2D eigenvalue weighted by Gasteiger charge is 2.38. The molecule has 1 aromatic rings. The van der Waals surface area contributed by atoms with Gasteiger partial charge in [-0.2, -0.15) is 0 Å². The predicted octanol–water partition coefficient (Wildman–Crippen LogP) is 0.890. The average Bonchev–Trinajstić information content (AvgIpc) is 2.97. The van der Waals surface area contributed by atoms with Gasteiger partial charge in [-0.1, -0.05) is 20.8 Å². The fourth-order valence-electron chi connectivity index (χ4n) is 4.02. The molecule has 3 rings (SSSR count). The molecule has 138 valence electrons. The summed E-state index contributed by atoms with van der Waals surface area (Å²) in [6.07, 6.45) is 2.76. The van der Waals surface area contributed by atoms with E-state index in [1.165, 1.54) is 6.07 Å². The van der Waals surface area contributed by atoms with E-state index in [0.29, 0.717) is 12.2 Å². The third-order valence-corrected chi connectivity index (χ3v) is 5.05. The van der Waals surface area contributed by atoms with Gasteiger partial charge in [-0.3, -0.25) is 19.5 Å². The molecular formula is C18H28N4O3. The molecule has 2 saturated heterocycles. The number of likely N-dealkylation sites (tertiary alicyclic amines) is 2. The molecule has 0 spiro atoms. The highest BCUT2D eigenvalue weighted by atomic mass is 16.2. The molecule has 0 saturated carbocycles. The summed E-state index contributed by atoms with van der Waals surface area (Å²) in [6, 6.07) is 1.39. The number of hydrogen-bond donors (Lipinski definition) is 2. The lowest BCUT2D eigenvalue weighted by Crippen LogP contribution is -2.53. The average molecular weight is 348 g/mol. The Labute approximate surface area is 147 Å². The molecule has 2 aliphatic rings. The Morgan fingerprint density at radius 3 is 2.56 bits per heavy atom. The summed E-state index contributed by atoms with van der Waals surface area (Å²) >= 11 is 0. The number of carbonyl (C=O) groups is 1. The zero-order chi connectivity index (χ0) is 18.2. The van der Waals surface area contributed by atoms with Crippen molar-refractivity contribution in [2.45, 2.75) is 52.0 Å². The molecule has 2 fully saturated rings. The number of aromatic nitrogens is 2. The van der Waals surface area contributed by atoms with Gasteiger partial charge in [-0.25, -0.2) is 4.79 Å². The Hall–Kier alpha value is -1.89. The van der Waals surface area contributed by atoms with Crippen LogP contribution >= 0.6 is 0 Å². The van der Waals surface area contributed by atoms with Crippen molar-refractivity contribution < 1.29 is 4.79 Å². The van der Waals surface area contributed by atoms with Gasteiger partial charge in [0, 0.05) is 37.3 Å². The van der Waals surface area contributed by atoms with Gasteiger partial charge in [0.05, 0.1) is 6.04 Å². The number of piperidine rings is 1. The lowest BCUT2D eigenvalue weighted by atomic mass is 9.93. The monoisotopic (exact) mass is 348 g/mol. The molecule has 2 N–H and O–H groups in total. The zero-order valence-electron chi connectivity index (χ0n) is 15.3. The molecule has 25 heavy (non-hydrogen) atoms. The molecular weight excluding hydrogens is 320 g/mol. The van der Waals surface area contributed by atoms with Crippen LogP contribution in [0.1, 0.15) is 51.6 Å². The van der Waals surface area contributed by atoms with Crippen LogP contribution in [0, 0.1) is 5.41 Å². The maximum Gasteiger partial charge on any atom is 0.325 e. The second kappa shape index (κ2) is 6.78. The summed E-state index contributed by atoms with van der Waals surface area (Å²) in [6.45, 7) is 9.60. The van der Waals surface area contributed by atoms with E-state index in [9.17, 15) is 14.4 Å². The van der Waals surface area contributed by atoms with Crippen molar-refractivity contribution in [1.29, 1.82) is 0 Å². The van der Waals surface area contributed by atoms with Crippen molar-refractivity contribution in [2.75, 3.05) is 26.2 Å². The maximum atomic E-state index is 12.9. The first kappa shape index (κ1) is 17.9. The van der Waals surface area contributed by atoms with Crippen LogP contribution in [0.4, 0.5) is 0 Å². The molecule has 1 aromatic heterocycles. The quantitative estimate of drug-likeness (QED) is 0.849. The smallest absolute Gasteiger partial charge is 0.325 e. The number of nitrogens with zero attached hydrogens (tertiary/aromatic N) is 2. The summed E-state index contributed by atoms with van der Waals surface area (Å²) < 4.78 is 0. The molecule has 2 atom stereocenters. The predicted molar refractivity (Wildman–Crippen MR) is 95.7 cm³/mol. The number of H-pyrrole nitrogens is 2. The summed E-state index contributed by atoms with van der Waals surface area (Å²) in [5.41, 5.74) is -0.0743. The fourth-order valence-corrected chi connectivity index (χ4v) is 4.02. The van der Waals surface area contributed by atoms with Crippen molar-refractivity contribution in [1.82, 2.24) is 19.8 Å². The van der Waals surface area contributed by atoms with Crippen LogP contribution in [0.15, 0.2) is 15.7 Å². The van der Waals surface area contributed by atoms with Gasteiger partial charge >= 0.3 is 5.69 Å². The van der Waals surface area contributed by atoms with Gasteiger partial charge < -0.3 is 9.88 Å². The first-order valence-electron chi connectivity index (χ1n) is 9.09. The summed E-state index contributed by atoms with van der Waals surface area (Å²) in [7, 11) is 0. The minimum Gasteiger partial charge on any atom is -0.341 e. The molecule has 7 heteroatoms. The summed E-state index contributed by atoms with van der Waals surface area (Å²) in [4.78, 5) is 45.1. The van der Waals surface area contributed by atoms with E-state index in [2.05, 4.69) is 35.6 Å². The van der Waals surface area contributed by atoms with Crippen LogP contribution in [0.5, 0.6) is 0 Å². The van der Waals surface area contributed by atoms with Crippen LogP contribution in [0.2, 0.25) is 0 Å². The normalized spacial score (nSPS) is 25.6. The Morgan fingerprint density at radius 1 is 1.12 bits per heavy atom. The summed E-state index contributed by atoms with van der Waals surface area (Å²) in [5.74, 6) is 0.321. The lowest BCUT2D eigenvalue weighted by Gasteiger charge is -2.39. The lowest BCUT2D eigenvalue weighted by molar-refractivity contribution is -0.141. The highest BCUT2D eigenvalue weighted by Crippen LogP contribution is 2.30. The van der Waals surface area contributed by atoms with Gasteiger partial charge in [0.15, 0.2) is 0 Å². The van der Waals surface area contributed by atoms with E-state index in [4.69, 9.17) is 0 Å². The van der Waals surface area contributed by atoms with Crippen molar-refractivity contribution in [2.24, 2.45) is 5.41 Å². The van der Waals surface area contributed by atoms with Crippen molar-refractivity contribution >= 4 is 5.91 Å². The van der Waals surface area contributed by atoms with E-state index < -0.39 is 5.69 Å². The van der Waals surface area contributed by atoms with E-state index >= 15 is 0 Å². The minimum atomic E-state index is -0.467. The first-order valence-corrected chi connectivity index (χ1v) is 9.09. The molecule has 7 nitrogen and oxygen atoms in total. The third kappa shape index (κ3) is 4.21. The number of carbonyl (C=O) groups excluding carboxylic acids is 1. The Balaban J connectivity index is 1.69. The summed E-state index contributed by atoms with van der Waals surface area (Å²) in [5, 5.41) is 0. The molecule has 0 radical (unpaired) electrons. The van der Waals surface area contributed by atoms with Gasteiger partial charge in [-0.15, -0.1) is 0 Å². The second-order valence-electron chi connectivity index (χ2n) is 8.50. The molecule has 0 aliphatic carbocycles. The van der Waals surface area contributed by atoms with Crippen LogP contribution < -0.4 is 11.2 Å². The Bertz CT molecular complexity index is 717. The van der Waals surface area contributed by atoms with Crippen LogP contribution in [0.25, 0.3) is 0 Å². The van der Waals surface area contributed by atoms with Gasteiger partial charge in [0.1, 0.15) is 0 Å². The molecule has 1 amide bonds. The van der Waals surface area contributed by atoms with Crippen LogP contribution in [-0.4, -0.2) is 57.9 Å². The van der Waals surface area contributed by atoms with Crippen molar-refractivity contribution in [3.8, 4) is 0 Å². The van der Waals surface area contributed by atoms with E-state index in [-0.39, 0.29) is 28.8 Å². The van der Waals surface area contributed by atoms with E-state index in [1.54, 1.807) is 0 Å². The molecule has 0 bridgehead atoms. The maximum absolute atomic E-state index is 12.9. The number of hydrogen-bond acceptors (Lipinski definition) is 4. The fraction of sp³-hybridized carbons (Fsp3) is 0.722. The van der Waals surface area contributed by atoms with Crippen molar-refractivity contribution in [3.63, 3.8) is 0 Å². The topological polar surface area (TPSA) is 89.3 Å². The number of aromatic amines is 2. The Kier molecular flexibility index (Phi) is 4.86. The molecule has 0 aromatic carbocycles. The molecule has 2 aliphatic heterocycles. The van der Waals surface area contributed by atoms with E-state index in [0.717, 1.165) is 38.9 Å². The number of amides is 1. The van der Waals surface area contributed by atoms with Gasteiger partial charge in [-0.05, 0) is 31.2 Å². The largest absolute Gasteiger partial charge is 0.341 e. The van der Waals surface area contributed by atoms with E-state index in [1.807, 2.05) is 4.90 Å². The zero-order valence-corrected chi connectivity index (χ0v) is 15.3. The SMILES string of the molecule is CC(C)(C)CN1CCC[C@@H](N2CC[C@@H](c3cc(=O)[nH]c(=O)[nH]3)C2)C1=O. The molecule has 3 heterocycles. The first-order chi connectivity index (χ1) is 11.7. The van der Waals surface area contributed by atoms with Gasteiger partial charge in [0.25, 0.3) is 5.56 Å². The van der Waals surface area contributed by atoms with Crippen LogP contribution in [0.3, 0.4) is 0 Å². The Morgan fingerprint density at radius 2 is 1.88 bits per heavy atom. The molecule has 0 unspecified atom stereocenters. The van der Waals surface area contributed by atoms with Crippen molar-refractivity contribution in [3.05, 3.63) is 32.6 Å². The minimum absolute atomic E-state index is 0.0742. The number of rotatable bonds is 3. The van der Waals surface area contributed by atoms with Gasteiger partial charge in [0.2, 0.25) is 5.91 Å². The van der Waals surface area contributed by atoms with Crippen LogP contribution in [-0.2, 0) is 4.79 Å². The standard InChI is InChI=1S/C18H28N4O3/c1-18(2,3)11-22-7-4-5-14(16(22)24)21-8-6-12(10-21)13-9-15(23)20-17(25)19-13/h9,12,14H,4-8,10-11H2,1-3H3,(H2,19,20,23,25)/t12-,14-/m1/s1. The third-order valence-electron chi connectivity index (χ3n) is 5.05. The second-order valence-corrected chi connectivity index (χ2v) is 8.50.